The highest BCUT2D eigenvalue weighted by Crippen LogP contribution is 2.38. The van der Waals surface area contributed by atoms with Gasteiger partial charge in [0.05, 0.1) is 18.3 Å². The van der Waals surface area contributed by atoms with Gasteiger partial charge >= 0.3 is 6.03 Å². The van der Waals surface area contributed by atoms with Crippen LogP contribution < -0.4 is 16.0 Å². The molecule has 0 spiro atoms. The van der Waals surface area contributed by atoms with Gasteiger partial charge in [0.1, 0.15) is 23.3 Å². The van der Waals surface area contributed by atoms with Crippen molar-refractivity contribution in [3.63, 3.8) is 0 Å². The third-order valence-corrected chi connectivity index (χ3v) is 6.15. The minimum absolute atomic E-state index is 0.114. The zero-order valence-corrected chi connectivity index (χ0v) is 18.9. The van der Waals surface area contributed by atoms with Gasteiger partial charge in [0.25, 0.3) is 5.91 Å². The number of carbonyl (C=O) groups excluding carboxylic acids is 2. The van der Waals surface area contributed by atoms with E-state index in [1.165, 1.54) is 40.1 Å². The van der Waals surface area contributed by atoms with Gasteiger partial charge in [-0.05, 0) is 36.8 Å². The summed E-state index contributed by atoms with van der Waals surface area (Å²) in [6.45, 7) is 1.13. The highest BCUT2D eigenvalue weighted by molar-refractivity contribution is 6.00. The number of hydrogen-bond donors (Lipinski definition) is 2. The van der Waals surface area contributed by atoms with Crippen LogP contribution in [-0.2, 0) is 13.1 Å². The van der Waals surface area contributed by atoms with Gasteiger partial charge in [-0.2, -0.15) is 0 Å². The molecule has 0 bridgehead atoms. The van der Waals surface area contributed by atoms with Crippen LogP contribution in [0.1, 0.15) is 40.0 Å². The Hall–Kier alpha value is -4.08. The number of amides is 3. The molecule has 1 aliphatic rings. The van der Waals surface area contributed by atoms with Gasteiger partial charge in [-0.1, -0.05) is 12.1 Å². The number of anilines is 2. The maximum atomic E-state index is 14.5. The van der Waals surface area contributed by atoms with E-state index in [0.717, 1.165) is 0 Å². The zero-order chi connectivity index (χ0) is 25.4. The number of nitrogens with one attached hydrogen (secondary N) is 1. The van der Waals surface area contributed by atoms with Crippen molar-refractivity contribution in [1.82, 2.24) is 10.2 Å². The molecule has 10 heteroatoms. The Bertz CT molecular complexity index is 1290. The van der Waals surface area contributed by atoms with Crippen LogP contribution in [0.4, 0.5) is 33.7 Å². The normalized spacial score (nSPS) is 15.3. The van der Waals surface area contributed by atoms with E-state index in [4.69, 9.17) is 5.73 Å². The summed E-state index contributed by atoms with van der Waals surface area (Å²) in [6, 6.07) is 9.17. The zero-order valence-electron chi connectivity index (χ0n) is 18.9. The first kappa shape index (κ1) is 24.1. The maximum Gasteiger partial charge on any atom is 0.325 e. The van der Waals surface area contributed by atoms with Crippen molar-refractivity contribution in [2.24, 2.45) is 0 Å². The predicted octanol–water partition coefficient (Wildman–Crippen LogP) is 4.89. The number of urea groups is 1. The second-order valence-corrected chi connectivity index (χ2v) is 8.27. The van der Waals surface area contributed by atoms with E-state index >= 15 is 0 Å². The number of nitrogens with two attached hydrogens (primary N) is 1. The van der Waals surface area contributed by atoms with Crippen molar-refractivity contribution >= 4 is 23.3 Å². The SMILES string of the molecule is CC1c2ccc(C(=O)NCc3c(F)cc(F)cc3F)cc2N(Cc2c(N)cccc2F)C(=O)N1C. The molecule has 0 saturated carbocycles. The highest BCUT2D eigenvalue weighted by atomic mass is 19.1. The molecule has 0 aromatic heterocycles. The fourth-order valence-corrected chi connectivity index (χ4v) is 4.00. The number of nitrogen functional groups attached to an aromatic ring is 1. The molecule has 1 atom stereocenters. The van der Waals surface area contributed by atoms with Crippen LogP contribution in [0.25, 0.3) is 0 Å². The third kappa shape index (κ3) is 4.51. The van der Waals surface area contributed by atoms with E-state index in [-0.39, 0.29) is 29.4 Å². The van der Waals surface area contributed by atoms with E-state index in [1.807, 2.05) is 6.92 Å². The summed E-state index contributed by atoms with van der Waals surface area (Å²) in [5, 5.41) is 2.40. The summed E-state index contributed by atoms with van der Waals surface area (Å²) in [4.78, 5) is 28.7. The molecular weight excluding hydrogens is 464 g/mol. The molecule has 1 heterocycles. The lowest BCUT2D eigenvalue weighted by Crippen LogP contribution is -2.46. The van der Waals surface area contributed by atoms with Crippen LogP contribution >= 0.6 is 0 Å². The molecule has 3 aromatic carbocycles. The summed E-state index contributed by atoms with van der Waals surface area (Å²) in [5.41, 5.74) is 6.97. The van der Waals surface area contributed by atoms with Crippen LogP contribution in [0.2, 0.25) is 0 Å². The molecule has 6 nitrogen and oxygen atoms in total. The van der Waals surface area contributed by atoms with E-state index in [1.54, 1.807) is 13.1 Å². The lowest BCUT2D eigenvalue weighted by Gasteiger charge is -2.40. The second kappa shape index (κ2) is 9.28. The molecule has 0 radical (unpaired) electrons. The van der Waals surface area contributed by atoms with Gasteiger partial charge in [-0.3, -0.25) is 9.69 Å². The molecular formula is C25H22F4N4O2. The minimum Gasteiger partial charge on any atom is -0.398 e. The summed E-state index contributed by atoms with van der Waals surface area (Å²) in [5.74, 6) is -4.55. The molecule has 1 aliphatic heterocycles. The van der Waals surface area contributed by atoms with Crippen molar-refractivity contribution in [3.8, 4) is 0 Å². The van der Waals surface area contributed by atoms with Crippen molar-refractivity contribution in [2.45, 2.75) is 26.1 Å². The average Bonchev–Trinajstić information content (AvgIpc) is 2.80. The molecule has 3 N–H and O–H groups in total. The Morgan fingerprint density at radius 2 is 1.69 bits per heavy atom. The van der Waals surface area contributed by atoms with E-state index in [0.29, 0.717) is 23.4 Å². The number of hydrogen-bond acceptors (Lipinski definition) is 3. The highest BCUT2D eigenvalue weighted by Gasteiger charge is 2.34. The molecule has 3 amide bonds. The Morgan fingerprint density at radius 3 is 2.34 bits per heavy atom. The predicted molar refractivity (Wildman–Crippen MR) is 122 cm³/mol. The lowest BCUT2D eigenvalue weighted by molar-refractivity contribution is 0.0950. The fourth-order valence-electron chi connectivity index (χ4n) is 4.00. The fraction of sp³-hybridized carbons (Fsp3) is 0.200. The van der Waals surface area contributed by atoms with Crippen molar-refractivity contribution in [3.05, 3.63) is 94.1 Å². The molecule has 3 aromatic rings. The molecule has 35 heavy (non-hydrogen) atoms. The first-order valence-electron chi connectivity index (χ1n) is 10.7. The van der Waals surface area contributed by atoms with Crippen LogP contribution in [-0.4, -0.2) is 23.9 Å². The van der Waals surface area contributed by atoms with Gasteiger partial charge in [-0.25, -0.2) is 22.4 Å². The van der Waals surface area contributed by atoms with Crippen molar-refractivity contribution in [1.29, 1.82) is 0 Å². The molecule has 4 rings (SSSR count). The number of benzene rings is 3. The number of nitrogens with zero attached hydrogens (tertiary/aromatic N) is 2. The molecule has 0 fully saturated rings. The standard InChI is InChI=1S/C25H22F4N4O2/c1-13-16-7-6-14(24(34)31-11-17-20(28)9-15(26)10-21(17)29)8-23(16)33(25(35)32(13)2)12-18-19(27)4-3-5-22(18)30/h3-10,13H,11-12,30H2,1-2H3,(H,31,34). The quantitative estimate of drug-likeness (QED) is 0.398. The van der Waals surface area contributed by atoms with Gasteiger partial charge in [-0.15, -0.1) is 0 Å². The Labute approximate surface area is 198 Å². The molecule has 182 valence electrons. The van der Waals surface area contributed by atoms with Crippen LogP contribution in [0, 0.1) is 23.3 Å². The van der Waals surface area contributed by atoms with Crippen molar-refractivity contribution < 1.29 is 27.2 Å². The first-order chi connectivity index (χ1) is 16.6. The Kier molecular flexibility index (Phi) is 6.38. The maximum absolute atomic E-state index is 14.5. The number of fused-ring (bicyclic) bond motifs is 1. The van der Waals surface area contributed by atoms with Gasteiger partial charge in [0, 0.05) is 48.1 Å². The average molecular weight is 486 g/mol. The third-order valence-electron chi connectivity index (χ3n) is 6.15. The number of carbonyl (C=O) groups is 2. The van der Waals surface area contributed by atoms with Crippen molar-refractivity contribution in [2.75, 3.05) is 17.7 Å². The van der Waals surface area contributed by atoms with E-state index in [2.05, 4.69) is 5.32 Å². The van der Waals surface area contributed by atoms with E-state index < -0.39 is 47.3 Å². The van der Waals surface area contributed by atoms with Gasteiger partial charge < -0.3 is 16.0 Å². The van der Waals surface area contributed by atoms with Gasteiger partial charge in [0.15, 0.2) is 0 Å². The Balaban J connectivity index is 1.65. The Morgan fingerprint density at radius 1 is 1.00 bits per heavy atom. The summed E-state index contributed by atoms with van der Waals surface area (Å²) in [7, 11) is 1.61. The summed E-state index contributed by atoms with van der Waals surface area (Å²) >= 11 is 0. The van der Waals surface area contributed by atoms with Crippen LogP contribution in [0.15, 0.2) is 48.5 Å². The molecule has 1 unspecified atom stereocenters. The minimum atomic E-state index is -1.12. The molecule has 0 aliphatic carbocycles. The van der Waals surface area contributed by atoms with Gasteiger partial charge in [0.2, 0.25) is 0 Å². The lowest BCUT2D eigenvalue weighted by atomic mass is 9.98. The smallest absolute Gasteiger partial charge is 0.325 e. The monoisotopic (exact) mass is 486 g/mol. The largest absolute Gasteiger partial charge is 0.398 e. The summed E-state index contributed by atoms with van der Waals surface area (Å²) < 4.78 is 55.4. The first-order valence-corrected chi connectivity index (χ1v) is 10.7. The number of halogens is 4. The number of rotatable bonds is 5. The summed E-state index contributed by atoms with van der Waals surface area (Å²) in [6.07, 6.45) is 0. The van der Waals surface area contributed by atoms with E-state index in [9.17, 15) is 27.2 Å². The van der Waals surface area contributed by atoms with Crippen LogP contribution in [0.5, 0.6) is 0 Å². The molecule has 0 saturated heterocycles. The topological polar surface area (TPSA) is 78.7 Å². The second-order valence-electron chi connectivity index (χ2n) is 8.27. The van der Waals surface area contributed by atoms with Crippen LogP contribution in [0.3, 0.4) is 0 Å².